The molecule has 0 aromatic heterocycles. The third-order valence-corrected chi connectivity index (χ3v) is 3.40. The summed E-state index contributed by atoms with van der Waals surface area (Å²) in [6, 6.07) is 2.72. The van der Waals surface area contributed by atoms with Crippen molar-refractivity contribution in [3.8, 4) is 5.75 Å². The van der Waals surface area contributed by atoms with Crippen LogP contribution in [0.4, 0.5) is 0 Å². The Bertz CT molecular complexity index is 534. The van der Waals surface area contributed by atoms with Gasteiger partial charge in [0, 0.05) is 6.26 Å². The minimum absolute atomic E-state index is 0.0634. The Labute approximate surface area is 94.1 Å². The number of benzene rings is 1. The zero-order valence-electron chi connectivity index (χ0n) is 9.27. The fourth-order valence-corrected chi connectivity index (χ4v) is 2.40. The first-order valence-corrected chi connectivity index (χ1v) is 6.35. The first-order chi connectivity index (χ1) is 7.27. The highest BCUT2D eigenvalue weighted by Crippen LogP contribution is 2.25. The molecule has 1 aromatic rings. The number of nitrogens with two attached hydrogens (primary N) is 1. The van der Waals surface area contributed by atoms with Crippen LogP contribution in [0.1, 0.15) is 15.9 Å². The van der Waals surface area contributed by atoms with Gasteiger partial charge in [-0.2, -0.15) is 0 Å². The van der Waals surface area contributed by atoms with E-state index in [0.717, 1.165) is 6.26 Å². The van der Waals surface area contributed by atoms with Crippen LogP contribution in [0.25, 0.3) is 0 Å². The van der Waals surface area contributed by atoms with Gasteiger partial charge in [-0.15, -0.1) is 0 Å². The number of primary amides is 1. The van der Waals surface area contributed by atoms with Crippen molar-refractivity contribution in [2.75, 3.05) is 13.4 Å². The van der Waals surface area contributed by atoms with Crippen LogP contribution in [0, 0.1) is 6.92 Å². The fraction of sp³-hybridized carbons (Fsp3) is 0.300. The molecule has 1 aromatic carbocycles. The van der Waals surface area contributed by atoms with E-state index in [-0.39, 0.29) is 16.2 Å². The highest BCUT2D eigenvalue weighted by Gasteiger charge is 2.17. The van der Waals surface area contributed by atoms with Gasteiger partial charge in [-0.05, 0) is 24.6 Å². The van der Waals surface area contributed by atoms with Gasteiger partial charge in [-0.3, -0.25) is 4.79 Å². The first-order valence-electron chi connectivity index (χ1n) is 4.46. The average molecular weight is 243 g/mol. The molecule has 0 aliphatic heterocycles. The summed E-state index contributed by atoms with van der Waals surface area (Å²) < 4.78 is 27.8. The Balaban J connectivity index is 3.58. The molecule has 0 bridgehead atoms. The van der Waals surface area contributed by atoms with E-state index in [0.29, 0.717) is 5.56 Å². The molecule has 0 fully saturated rings. The zero-order valence-corrected chi connectivity index (χ0v) is 10.1. The lowest BCUT2D eigenvalue weighted by Gasteiger charge is -2.10. The minimum atomic E-state index is -3.38. The predicted octanol–water partition coefficient (Wildman–Crippen LogP) is 0.506. The van der Waals surface area contributed by atoms with Crippen LogP contribution in [0.2, 0.25) is 0 Å². The van der Waals surface area contributed by atoms with Gasteiger partial charge in [-0.1, -0.05) is 0 Å². The molecule has 0 saturated heterocycles. The molecular weight excluding hydrogens is 230 g/mol. The number of carbonyl (C=O) groups excluding carboxylic acids is 1. The molecule has 0 radical (unpaired) electrons. The van der Waals surface area contributed by atoms with Crippen LogP contribution >= 0.6 is 0 Å². The normalized spacial score (nSPS) is 11.2. The number of methoxy groups -OCH3 is 1. The van der Waals surface area contributed by atoms with E-state index < -0.39 is 15.7 Å². The summed E-state index contributed by atoms with van der Waals surface area (Å²) in [6.45, 7) is 1.63. The average Bonchev–Trinajstić information content (AvgIpc) is 2.14. The van der Waals surface area contributed by atoms with Crippen molar-refractivity contribution in [3.05, 3.63) is 23.3 Å². The quantitative estimate of drug-likeness (QED) is 0.837. The maximum atomic E-state index is 11.4. The molecule has 88 valence electrons. The third kappa shape index (κ3) is 2.33. The smallest absolute Gasteiger partial charge is 0.252 e. The summed E-state index contributed by atoms with van der Waals surface area (Å²) in [6.07, 6.45) is 1.08. The Kier molecular flexibility index (Phi) is 3.23. The van der Waals surface area contributed by atoms with Gasteiger partial charge < -0.3 is 10.5 Å². The van der Waals surface area contributed by atoms with Crippen LogP contribution in [0.15, 0.2) is 17.0 Å². The lowest BCUT2D eigenvalue weighted by atomic mass is 10.1. The van der Waals surface area contributed by atoms with Gasteiger partial charge in [0.2, 0.25) is 0 Å². The summed E-state index contributed by atoms with van der Waals surface area (Å²) in [5, 5.41) is 0. The number of aryl methyl sites for hydroxylation is 1. The van der Waals surface area contributed by atoms with Gasteiger partial charge in [0.15, 0.2) is 9.84 Å². The summed E-state index contributed by atoms with van der Waals surface area (Å²) in [5.74, 6) is -0.445. The van der Waals surface area contributed by atoms with Crippen molar-refractivity contribution in [1.82, 2.24) is 0 Å². The van der Waals surface area contributed by atoms with E-state index in [1.54, 1.807) is 6.92 Å². The molecule has 6 heteroatoms. The molecule has 1 rings (SSSR count). The zero-order chi connectivity index (χ0) is 12.5. The fourth-order valence-electron chi connectivity index (χ4n) is 1.42. The van der Waals surface area contributed by atoms with Gasteiger partial charge in [0.25, 0.3) is 5.91 Å². The molecule has 0 heterocycles. The number of hydrogen-bond donors (Lipinski definition) is 1. The van der Waals surface area contributed by atoms with Gasteiger partial charge in [0.1, 0.15) is 5.75 Å². The van der Waals surface area contributed by atoms with Gasteiger partial charge in [0.05, 0.1) is 17.6 Å². The summed E-state index contributed by atoms with van der Waals surface area (Å²) in [5.41, 5.74) is 5.72. The van der Waals surface area contributed by atoms with Crippen molar-refractivity contribution >= 4 is 15.7 Å². The predicted molar refractivity (Wildman–Crippen MR) is 59.4 cm³/mol. The van der Waals surface area contributed by atoms with Crippen LogP contribution < -0.4 is 10.5 Å². The molecule has 1 amide bonds. The Morgan fingerprint density at radius 1 is 1.38 bits per heavy atom. The van der Waals surface area contributed by atoms with Crippen molar-refractivity contribution in [1.29, 1.82) is 0 Å². The second-order valence-electron chi connectivity index (χ2n) is 3.45. The monoisotopic (exact) mass is 243 g/mol. The summed E-state index contributed by atoms with van der Waals surface area (Å²) >= 11 is 0. The first kappa shape index (κ1) is 12.5. The number of hydrogen-bond acceptors (Lipinski definition) is 4. The van der Waals surface area contributed by atoms with E-state index in [1.165, 1.54) is 19.2 Å². The van der Waals surface area contributed by atoms with Gasteiger partial charge >= 0.3 is 0 Å². The maximum absolute atomic E-state index is 11.4. The number of rotatable bonds is 3. The lowest BCUT2D eigenvalue weighted by molar-refractivity contribution is 0.0997. The van der Waals surface area contributed by atoms with Crippen molar-refractivity contribution in [2.24, 2.45) is 5.73 Å². The van der Waals surface area contributed by atoms with Crippen LogP contribution in [0.3, 0.4) is 0 Å². The SMILES string of the molecule is COc1cc(C)c(S(C)(=O)=O)cc1C(N)=O. The van der Waals surface area contributed by atoms with Crippen molar-refractivity contribution in [3.63, 3.8) is 0 Å². The molecular formula is C10H13NO4S. The second kappa shape index (κ2) is 4.13. The number of carbonyl (C=O) groups is 1. The molecule has 16 heavy (non-hydrogen) atoms. The number of amides is 1. The molecule has 0 aliphatic rings. The standard InChI is InChI=1S/C10H13NO4S/c1-6-4-8(15-2)7(10(11)12)5-9(6)16(3,13)14/h4-5H,1-3H3,(H2,11,12). The van der Waals surface area contributed by atoms with Crippen LogP contribution in [0.5, 0.6) is 5.75 Å². The largest absolute Gasteiger partial charge is 0.496 e. The van der Waals surface area contributed by atoms with E-state index >= 15 is 0 Å². The molecule has 0 saturated carbocycles. The molecule has 2 N–H and O–H groups in total. The van der Waals surface area contributed by atoms with E-state index in [9.17, 15) is 13.2 Å². The molecule has 0 atom stereocenters. The van der Waals surface area contributed by atoms with Crippen molar-refractivity contribution < 1.29 is 17.9 Å². The Morgan fingerprint density at radius 2 is 1.94 bits per heavy atom. The molecule has 0 spiro atoms. The van der Waals surface area contributed by atoms with Crippen molar-refractivity contribution in [2.45, 2.75) is 11.8 Å². The maximum Gasteiger partial charge on any atom is 0.252 e. The third-order valence-electron chi connectivity index (χ3n) is 2.16. The van der Waals surface area contributed by atoms with Crippen LogP contribution in [-0.2, 0) is 9.84 Å². The highest BCUT2D eigenvalue weighted by molar-refractivity contribution is 7.90. The molecule has 5 nitrogen and oxygen atoms in total. The van der Waals surface area contributed by atoms with E-state index in [2.05, 4.69) is 0 Å². The molecule has 0 unspecified atom stereocenters. The van der Waals surface area contributed by atoms with E-state index in [4.69, 9.17) is 10.5 Å². The summed E-state index contributed by atoms with van der Waals surface area (Å²) in [7, 11) is -1.99. The van der Waals surface area contributed by atoms with Gasteiger partial charge in [-0.25, -0.2) is 8.42 Å². The number of ether oxygens (including phenoxy) is 1. The minimum Gasteiger partial charge on any atom is -0.496 e. The Morgan fingerprint density at radius 3 is 2.31 bits per heavy atom. The van der Waals surface area contributed by atoms with Crippen LogP contribution in [-0.4, -0.2) is 27.7 Å². The second-order valence-corrected chi connectivity index (χ2v) is 5.44. The highest BCUT2D eigenvalue weighted by atomic mass is 32.2. The summed E-state index contributed by atoms with van der Waals surface area (Å²) in [4.78, 5) is 11.2. The van der Waals surface area contributed by atoms with E-state index in [1.807, 2.05) is 0 Å². The topological polar surface area (TPSA) is 86.5 Å². The number of sulfone groups is 1. The lowest BCUT2D eigenvalue weighted by Crippen LogP contribution is -2.14. The molecule has 0 aliphatic carbocycles. The Hall–Kier alpha value is -1.56.